The van der Waals surface area contributed by atoms with Crippen molar-refractivity contribution in [2.24, 2.45) is 0 Å². The Labute approximate surface area is 68.5 Å². The smallest absolute Gasteiger partial charge is 0.227 e. The van der Waals surface area contributed by atoms with Gasteiger partial charge in [-0.15, -0.1) is 0 Å². The van der Waals surface area contributed by atoms with Crippen molar-refractivity contribution in [1.82, 2.24) is 5.32 Å². The van der Waals surface area contributed by atoms with Crippen molar-refractivity contribution in [3.8, 4) is 0 Å². The number of amides is 2. The van der Waals surface area contributed by atoms with Gasteiger partial charge in [0.05, 0.1) is 12.5 Å². The van der Waals surface area contributed by atoms with Gasteiger partial charge < -0.3 is 4.55 Å². The molecular formula is C6H11NO3S. The molecular weight excluding hydrogens is 166 g/mol. The second-order valence-electron chi connectivity index (χ2n) is 2.21. The average molecular weight is 177 g/mol. The Balaban J connectivity index is 0.000000218. The zero-order valence-corrected chi connectivity index (χ0v) is 7.36. The van der Waals surface area contributed by atoms with Crippen LogP contribution in [0.3, 0.4) is 0 Å². The molecule has 1 N–H and O–H groups in total. The molecule has 11 heavy (non-hydrogen) atoms. The molecule has 1 aliphatic rings. The Morgan fingerprint density at radius 1 is 1.27 bits per heavy atom. The van der Waals surface area contributed by atoms with Gasteiger partial charge in [0.1, 0.15) is 0 Å². The van der Waals surface area contributed by atoms with Gasteiger partial charge in [-0.25, -0.2) is 0 Å². The standard InChI is InChI=1S/C4H5NO2.C2H6OS/c6-3-1-2-4(7)5-3;1-4(2)3/h1-2H2,(H,5,6,7);1-2H3. The van der Waals surface area contributed by atoms with Crippen LogP contribution in [0, 0.1) is 0 Å². The minimum absolute atomic E-state index is 0.148. The highest BCUT2D eigenvalue weighted by Gasteiger charge is 2.15. The maximum absolute atomic E-state index is 10.1. The van der Waals surface area contributed by atoms with Gasteiger partial charge in [0.2, 0.25) is 11.8 Å². The molecule has 0 spiro atoms. The zero-order valence-electron chi connectivity index (χ0n) is 6.55. The van der Waals surface area contributed by atoms with Crippen LogP contribution in [0.1, 0.15) is 12.8 Å². The molecule has 0 aromatic carbocycles. The van der Waals surface area contributed by atoms with Crippen LogP contribution in [0.4, 0.5) is 0 Å². The predicted octanol–water partition coefficient (Wildman–Crippen LogP) is -0.582. The highest BCUT2D eigenvalue weighted by atomic mass is 32.2. The van der Waals surface area contributed by atoms with Crippen molar-refractivity contribution in [3.63, 3.8) is 0 Å². The third-order valence-corrected chi connectivity index (χ3v) is 0.858. The van der Waals surface area contributed by atoms with Crippen LogP contribution >= 0.6 is 0 Å². The molecule has 1 aliphatic heterocycles. The molecule has 1 heterocycles. The van der Waals surface area contributed by atoms with Crippen molar-refractivity contribution < 1.29 is 14.1 Å². The van der Waals surface area contributed by atoms with Gasteiger partial charge >= 0.3 is 0 Å². The second kappa shape index (κ2) is 5.15. The third kappa shape index (κ3) is 7.35. The quantitative estimate of drug-likeness (QED) is 0.397. The highest BCUT2D eigenvalue weighted by Crippen LogP contribution is 1.95. The van der Waals surface area contributed by atoms with Gasteiger partial charge in [-0.1, -0.05) is 11.2 Å². The first-order chi connectivity index (χ1) is 5.02. The number of hydrogen-bond acceptors (Lipinski definition) is 3. The largest absolute Gasteiger partial charge is 0.617 e. The van der Waals surface area contributed by atoms with Crippen molar-refractivity contribution in [2.75, 3.05) is 12.5 Å². The Morgan fingerprint density at radius 3 is 1.64 bits per heavy atom. The summed E-state index contributed by atoms with van der Waals surface area (Å²) in [6, 6.07) is 0. The number of imide groups is 1. The zero-order chi connectivity index (χ0) is 8.85. The minimum atomic E-state index is -0.611. The van der Waals surface area contributed by atoms with Gasteiger partial charge in [-0.3, -0.25) is 14.9 Å². The van der Waals surface area contributed by atoms with Crippen LogP contribution in [-0.2, 0) is 20.8 Å². The lowest BCUT2D eigenvalue weighted by Crippen LogP contribution is -2.18. The molecule has 0 aliphatic carbocycles. The summed E-state index contributed by atoms with van der Waals surface area (Å²) in [5.41, 5.74) is 0. The monoisotopic (exact) mass is 177 g/mol. The average Bonchev–Trinajstić information content (AvgIpc) is 2.13. The lowest BCUT2D eigenvalue weighted by molar-refractivity contribution is -0.124. The molecule has 0 unspecified atom stereocenters. The van der Waals surface area contributed by atoms with Gasteiger partial charge in [0.15, 0.2) is 0 Å². The van der Waals surface area contributed by atoms with Gasteiger partial charge in [0, 0.05) is 12.8 Å². The summed E-state index contributed by atoms with van der Waals surface area (Å²) in [5.74, 6) is -0.296. The molecule has 4 nitrogen and oxygen atoms in total. The Morgan fingerprint density at radius 2 is 1.55 bits per heavy atom. The van der Waals surface area contributed by atoms with Gasteiger partial charge in [0.25, 0.3) is 0 Å². The Kier molecular flexibility index (Phi) is 4.89. The van der Waals surface area contributed by atoms with Crippen LogP contribution in [0.15, 0.2) is 0 Å². The van der Waals surface area contributed by atoms with E-state index in [9.17, 15) is 14.1 Å². The molecule has 0 saturated carbocycles. The van der Waals surface area contributed by atoms with E-state index in [1.807, 2.05) is 0 Å². The second-order valence-corrected chi connectivity index (χ2v) is 3.70. The van der Waals surface area contributed by atoms with Crippen LogP contribution in [-0.4, -0.2) is 28.9 Å². The summed E-state index contributed by atoms with van der Waals surface area (Å²) in [6.45, 7) is 0. The first kappa shape index (κ1) is 10.4. The topological polar surface area (TPSA) is 69.2 Å². The summed E-state index contributed by atoms with van der Waals surface area (Å²) in [4.78, 5) is 20.2. The molecule has 0 aromatic rings. The van der Waals surface area contributed by atoms with Crippen molar-refractivity contribution >= 4 is 23.0 Å². The van der Waals surface area contributed by atoms with E-state index in [0.29, 0.717) is 12.8 Å². The van der Waals surface area contributed by atoms with Crippen LogP contribution < -0.4 is 5.32 Å². The molecule has 0 aromatic heterocycles. The van der Waals surface area contributed by atoms with Crippen LogP contribution in [0.5, 0.6) is 0 Å². The fraction of sp³-hybridized carbons (Fsp3) is 0.667. The van der Waals surface area contributed by atoms with E-state index in [4.69, 9.17) is 0 Å². The van der Waals surface area contributed by atoms with E-state index in [-0.39, 0.29) is 11.8 Å². The molecule has 0 bridgehead atoms. The molecule has 1 fully saturated rings. The fourth-order valence-corrected chi connectivity index (χ4v) is 0.508. The molecule has 5 heteroatoms. The predicted molar refractivity (Wildman–Crippen MR) is 42.4 cm³/mol. The first-order valence-corrected chi connectivity index (χ1v) is 5.06. The lowest BCUT2D eigenvalue weighted by Gasteiger charge is -1.87. The summed E-state index contributed by atoms with van der Waals surface area (Å²) < 4.78 is 9.56. The van der Waals surface area contributed by atoms with E-state index < -0.39 is 11.2 Å². The van der Waals surface area contributed by atoms with Crippen LogP contribution in [0.2, 0.25) is 0 Å². The maximum atomic E-state index is 10.1. The Hall–Kier alpha value is -0.550. The molecule has 2 amide bonds. The molecule has 0 atom stereocenters. The van der Waals surface area contributed by atoms with Crippen molar-refractivity contribution in [1.29, 1.82) is 0 Å². The highest BCUT2D eigenvalue weighted by molar-refractivity contribution is 7.89. The number of carbonyl (C=O) groups is 2. The number of rotatable bonds is 0. The molecule has 1 rings (SSSR count). The number of hydrogen-bond donors (Lipinski definition) is 1. The van der Waals surface area contributed by atoms with Gasteiger partial charge in [-0.05, 0) is 0 Å². The lowest BCUT2D eigenvalue weighted by atomic mass is 10.4. The minimum Gasteiger partial charge on any atom is -0.617 e. The SMILES string of the molecule is C[S+](C)[O-].O=C1CCC(=O)N1. The maximum Gasteiger partial charge on any atom is 0.227 e. The number of nitrogens with one attached hydrogen (secondary N) is 1. The van der Waals surface area contributed by atoms with Crippen LogP contribution in [0.25, 0.3) is 0 Å². The van der Waals surface area contributed by atoms with E-state index in [2.05, 4.69) is 5.32 Å². The van der Waals surface area contributed by atoms with E-state index >= 15 is 0 Å². The van der Waals surface area contributed by atoms with Gasteiger partial charge in [-0.2, -0.15) is 0 Å². The molecule has 64 valence electrons. The normalized spacial score (nSPS) is 16.0. The fourth-order valence-electron chi connectivity index (χ4n) is 0.508. The van der Waals surface area contributed by atoms with Crippen molar-refractivity contribution in [3.05, 3.63) is 0 Å². The summed E-state index contributed by atoms with van der Waals surface area (Å²) in [6.07, 6.45) is 4.03. The molecule has 1 saturated heterocycles. The summed E-state index contributed by atoms with van der Waals surface area (Å²) in [5, 5.41) is 2.14. The Bertz CT molecular complexity index is 141. The summed E-state index contributed by atoms with van der Waals surface area (Å²) >= 11 is -0.611. The number of carbonyl (C=O) groups excluding carboxylic acids is 2. The third-order valence-electron chi connectivity index (χ3n) is 0.858. The van der Waals surface area contributed by atoms with E-state index in [1.165, 1.54) is 0 Å². The first-order valence-electron chi connectivity index (χ1n) is 3.10. The summed E-state index contributed by atoms with van der Waals surface area (Å²) in [7, 11) is 0. The van der Waals surface area contributed by atoms with E-state index in [0.717, 1.165) is 0 Å². The van der Waals surface area contributed by atoms with E-state index in [1.54, 1.807) is 12.5 Å². The molecule has 0 radical (unpaired) electrons. The van der Waals surface area contributed by atoms with Crippen molar-refractivity contribution in [2.45, 2.75) is 12.8 Å².